The Kier molecular flexibility index (Phi) is 3.21. The van der Waals surface area contributed by atoms with Crippen LogP contribution < -0.4 is 0 Å². The minimum absolute atomic E-state index is 0.0669. The summed E-state index contributed by atoms with van der Waals surface area (Å²) in [5.41, 5.74) is 3.34. The summed E-state index contributed by atoms with van der Waals surface area (Å²) in [5, 5.41) is 0.153. The molecule has 0 fully saturated rings. The zero-order chi connectivity index (χ0) is 14.3. The summed E-state index contributed by atoms with van der Waals surface area (Å²) in [6.45, 7) is 6.73. The molecule has 1 nitrogen and oxygen atoms in total. The minimum atomic E-state index is 0.0669. The van der Waals surface area contributed by atoms with Gasteiger partial charge in [-0.2, -0.15) is 0 Å². The van der Waals surface area contributed by atoms with Gasteiger partial charge in [-0.15, -0.1) is 0 Å². The molecule has 0 saturated heterocycles. The Bertz CT molecular complexity index is 667. The van der Waals surface area contributed by atoms with Crippen molar-refractivity contribution in [2.45, 2.75) is 31.6 Å². The SMILES string of the molecule is CC(C)(C)C1c2ccccc2SC(=O)c2ccccc21. The van der Waals surface area contributed by atoms with Gasteiger partial charge >= 0.3 is 0 Å². The third-order valence-corrected chi connectivity index (χ3v) is 4.79. The maximum atomic E-state index is 12.5. The molecule has 3 rings (SSSR count). The van der Waals surface area contributed by atoms with Crippen molar-refractivity contribution in [1.29, 1.82) is 0 Å². The number of hydrogen-bond acceptors (Lipinski definition) is 2. The molecule has 0 spiro atoms. The zero-order valence-corrected chi connectivity index (χ0v) is 12.8. The number of rotatable bonds is 0. The Hall–Kier alpha value is -1.54. The number of carbonyl (C=O) groups is 1. The van der Waals surface area contributed by atoms with E-state index in [9.17, 15) is 4.79 Å². The first-order valence-corrected chi connectivity index (χ1v) is 7.70. The molecule has 1 unspecified atom stereocenters. The van der Waals surface area contributed by atoms with Crippen molar-refractivity contribution in [3.8, 4) is 0 Å². The number of fused-ring (bicyclic) bond motifs is 2. The van der Waals surface area contributed by atoms with Gasteiger partial charge in [0.25, 0.3) is 0 Å². The van der Waals surface area contributed by atoms with E-state index in [0.717, 1.165) is 16.0 Å². The van der Waals surface area contributed by atoms with Gasteiger partial charge in [-0.05, 0) is 34.4 Å². The van der Waals surface area contributed by atoms with E-state index in [2.05, 4.69) is 45.0 Å². The predicted molar refractivity (Wildman–Crippen MR) is 84.4 cm³/mol. The molecule has 0 amide bonds. The third kappa shape index (κ3) is 2.18. The van der Waals surface area contributed by atoms with E-state index in [4.69, 9.17) is 0 Å². The second-order valence-corrected chi connectivity index (χ2v) is 7.33. The highest BCUT2D eigenvalue weighted by Crippen LogP contribution is 2.48. The van der Waals surface area contributed by atoms with Gasteiger partial charge in [-0.25, -0.2) is 0 Å². The van der Waals surface area contributed by atoms with Crippen LogP contribution in [0.25, 0.3) is 0 Å². The van der Waals surface area contributed by atoms with Crippen molar-refractivity contribution >= 4 is 16.9 Å². The maximum absolute atomic E-state index is 12.5. The van der Waals surface area contributed by atoms with E-state index in [1.807, 2.05) is 24.3 Å². The summed E-state index contributed by atoms with van der Waals surface area (Å²) in [6.07, 6.45) is 0. The van der Waals surface area contributed by atoms with Crippen LogP contribution in [0.5, 0.6) is 0 Å². The first-order valence-electron chi connectivity index (χ1n) is 6.88. The fourth-order valence-electron chi connectivity index (χ4n) is 3.00. The minimum Gasteiger partial charge on any atom is -0.281 e. The molecule has 2 aromatic carbocycles. The summed E-state index contributed by atoms with van der Waals surface area (Å²) in [5.74, 6) is 0.244. The molecule has 0 aliphatic carbocycles. The fourth-order valence-corrected chi connectivity index (χ4v) is 3.95. The summed E-state index contributed by atoms with van der Waals surface area (Å²) >= 11 is 1.36. The Labute approximate surface area is 124 Å². The van der Waals surface area contributed by atoms with E-state index >= 15 is 0 Å². The van der Waals surface area contributed by atoms with Crippen molar-refractivity contribution < 1.29 is 4.79 Å². The largest absolute Gasteiger partial charge is 0.281 e. The van der Waals surface area contributed by atoms with Crippen molar-refractivity contribution in [2.24, 2.45) is 5.41 Å². The van der Waals surface area contributed by atoms with E-state index in [1.165, 1.54) is 17.3 Å². The Morgan fingerprint density at radius 1 is 0.900 bits per heavy atom. The van der Waals surface area contributed by atoms with Crippen molar-refractivity contribution in [1.82, 2.24) is 0 Å². The second kappa shape index (κ2) is 4.78. The van der Waals surface area contributed by atoms with Gasteiger partial charge in [0.2, 0.25) is 5.12 Å². The molecule has 0 N–H and O–H groups in total. The molecular weight excluding hydrogens is 264 g/mol. The monoisotopic (exact) mass is 282 g/mol. The Morgan fingerprint density at radius 2 is 1.50 bits per heavy atom. The second-order valence-electron chi connectivity index (χ2n) is 6.31. The van der Waals surface area contributed by atoms with E-state index in [0.29, 0.717) is 0 Å². The van der Waals surface area contributed by atoms with Gasteiger partial charge in [-0.1, -0.05) is 63.2 Å². The summed E-state index contributed by atoms with van der Waals surface area (Å²) in [7, 11) is 0. The lowest BCUT2D eigenvalue weighted by atomic mass is 9.71. The summed E-state index contributed by atoms with van der Waals surface area (Å²) in [4.78, 5) is 13.6. The van der Waals surface area contributed by atoms with Crippen LogP contribution in [0.2, 0.25) is 0 Å². The van der Waals surface area contributed by atoms with Gasteiger partial charge in [-0.3, -0.25) is 4.79 Å². The average Bonchev–Trinajstić information content (AvgIpc) is 2.52. The molecule has 20 heavy (non-hydrogen) atoms. The van der Waals surface area contributed by atoms with Crippen molar-refractivity contribution in [2.75, 3.05) is 0 Å². The predicted octanol–water partition coefficient (Wildman–Crippen LogP) is 5.11. The molecule has 1 atom stereocenters. The van der Waals surface area contributed by atoms with E-state index < -0.39 is 0 Å². The fraction of sp³-hybridized carbons (Fsp3) is 0.278. The summed E-state index contributed by atoms with van der Waals surface area (Å²) in [6, 6.07) is 16.3. The molecule has 1 aliphatic rings. The molecule has 102 valence electrons. The molecule has 2 aromatic rings. The van der Waals surface area contributed by atoms with Crippen LogP contribution in [0.4, 0.5) is 0 Å². The lowest BCUT2D eigenvalue weighted by Gasteiger charge is -2.32. The highest BCUT2D eigenvalue weighted by Gasteiger charge is 2.35. The summed E-state index contributed by atoms with van der Waals surface area (Å²) < 4.78 is 0. The Balaban J connectivity index is 2.32. The normalized spacial score (nSPS) is 18.1. The zero-order valence-electron chi connectivity index (χ0n) is 12.0. The molecule has 2 heteroatoms. The van der Waals surface area contributed by atoms with Crippen LogP contribution in [0.15, 0.2) is 53.4 Å². The molecule has 0 bridgehead atoms. The van der Waals surface area contributed by atoms with Gasteiger partial charge in [0.05, 0.1) is 0 Å². The lowest BCUT2D eigenvalue weighted by Crippen LogP contribution is -2.20. The highest BCUT2D eigenvalue weighted by atomic mass is 32.2. The Morgan fingerprint density at radius 3 is 2.20 bits per heavy atom. The maximum Gasteiger partial charge on any atom is 0.224 e. The average molecular weight is 282 g/mol. The first-order chi connectivity index (χ1) is 9.48. The van der Waals surface area contributed by atoms with Gasteiger partial charge in [0.15, 0.2) is 0 Å². The van der Waals surface area contributed by atoms with Crippen molar-refractivity contribution in [3.05, 3.63) is 65.2 Å². The van der Waals surface area contributed by atoms with Crippen LogP contribution in [-0.2, 0) is 0 Å². The van der Waals surface area contributed by atoms with Crippen LogP contribution in [0.3, 0.4) is 0 Å². The molecule has 1 heterocycles. The van der Waals surface area contributed by atoms with Crippen LogP contribution in [0.1, 0.15) is 48.2 Å². The van der Waals surface area contributed by atoms with E-state index in [-0.39, 0.29) is 16.4 Å². The number of carbonyl (C=O) groups excluding carboxylic acids is 1. The van der Waals surface area contributed by atoms with Crippen LogP contribution >= 0.6 is 11.8 Å². The highest BCUT2D eigenvalue weighted by molar-refractivity contribution is 8.14. The van der Waals surface area contributed by atoms with Crippen molar-refractivity contribution in [3.63, 3.8) is 0 Å². The molecule has 0 radical (unpaired) electrons. The lowest BCUT2D eigenvalue weighted by molar-refractivity contribution is 0.108. The number of benzene rings is 2. The third-order valence-electron chi connectivity index (χ3n) is 3.79. The number of thioether (sulfide) groups is 1. The smallest absolute Gasteiger partial charge is 0.224 e. The van der Waals surface area contributed by atoms with E-state index in [1.54, 1.807) is 0 Å². The van der Waals surface area contributed by atoms with Gasteiger partial charge < -0.3 is 0 Å². The topological polar surface area (TPSA) is 17.1 Å². The van der Waals surface area contributed by atoms with Gasteiger partial charge in [0, 0.05) is 16.4 Å². The molecule has 0 aromatic heterocycles. The molecule has 0 saturated carbocycles. The van der Waals surface area contributed by atoms with Gasteiger partial charge in [0.1, 0.15) is 0 Å². The standard InChI is InChI=1S/C18H18OS/c1-18(2,3)16-12-8-4-5-9-13(12)17(19)20-15-11-7-6-10-14(15)16/h4-11,16H,1-3H3. The molecular formula is C18H18OS. The van der Waals surface area contributed by atoms with Crippen LogP contribution in [-0.4, -0.2) is 5.12 Å². The molecule has 1 aliphatic heterocycles. The first kappa shape index (κ1) is 13.4. The van der Waals surface area contributed by atoms with Crippen LogP contribution in [0, 0.1) is 5.41 Å². The quantitative estimate of drug-likeness (QED) is 0.668. The number of hydrogen-bond donors (Lipinski definition) is 0.